The number of halogens is 1. The Balaban J connectivity index is 1.62. The molecule has 0 N–H and O–H groups in total. The molecule has 142 valence electrons. The zero-order chi connectivity index (χ0) is 18.7. The van der Waals surface area contributed by atoms with Gasteiger partial charge >= 0.3 is 6.09 Å². The van der Waals surface area contributed by atoms with Crippen LogP contribution < -0.4 is 0 Å². The predicted octanol–water partition coefficient (Wildman–Crippen LogP) is 3.06. The lowest BCUT2D eigenvalue weighted by Crippen LogP contribution is -2.53. The fraction of sp³-hybridized carbons (Fsp3) is 0.611. The highest BCUT2D eigenvalue weighted by Crippen LogP contribution is 2.19. The molecular formula is C18H26ClN5O2. The maximum atomic E-state index is 12.1. The summed E-state index contributed by atoms with van der Waals surface area (Å²) in [5.74, 6) is 0.945. The van der Waals surface area contributed by atoms with Gasteiger partial charge in [0.25, 0.3) is 0 Å². The van der Waals surface area contributed by atoms with Crippen molar-refractivity contribution in [3.8, 4) is 0 Å². The number of amides is 1. The number of aryl methyl sites for hydroxylation is 1. The fourth-order valence-electron chi connectivity index (χ4n) is 3.20. The smallest absolute Gasteiger partial charge is 0.409 e. The van der Waals surface area contributed by atoms with E-state index in [1.165, 1.54) is 0 Å². The highest BCUT2D eigenvalue weighted by Gasteiger charge is 2.28. The number of imidazole rings is 1. The second-order valence-electron chi connectivity index (χ2n) is 6.80. The van der Waals surface area contributed by atoms with E-state index in [-0.39, 0.29) is 12.1 Å². The van der Waals surface area contributed by atoms with Crippen molar-refractivity contribution in [2.75, 3.05) is 26.2 Å². The summed E-state index contributed by atoms with van der Waals surface area (Å²) in [7, 11) is 1.96. The van der Waals surface area contributed by atoms with Gasteiger partial charge in [0.1, 0.15) is 16.5 Å². The third-order valence-corrected chi connectivity index (χ3v) is 5.08. The number of hydrogen-bond acceptors (Lipinski definition) is 5. The molecule has 1 aliphatic rings. The van der Waals surface area contributed by atoms with Gasteiger partial charge in [-0.25, -0.2) is 14.8 Å². The monoisotopic (exact) mass is 379 g/mol. The molecule has 7 nitrogen and oxygen atoms in total. The van der Waals surface area contributed by atoms with Crippen molar-refractivity contribution >= 4 is 28.9 Å². The summed E-state index contributed by atoms with van der Waals surface area (Å²) in [5, 5.41) is 0.468. The number of hydrogen-bond donors (Lipinski definition) is 0. The Morgan fingerprint density at radius 3 is 2.88 bits per heavy atom. The number of carbonyl (C=O) groups is 1. The lowest BCUT2D eigenvalue weighted by atomic mass is 10.2. The van der Waals surface area contributed by atoms with Crippen molar-refractivity contribution in [1.29, 1.82) is 0 Å². The van der Waals surface area contributed by atoms with Gasteiger partial charge in [0.05, 0.1) is 13.2 Å². The van der Waals surface area contributed by atoms with Crippen LogP contribution in [0.4, 0.5) is 4.79 Å². The van der Waals surface area contributed by atoms with E-state index >= 15 is 0 Å². The Kier molecular flexibility index (Phi) is 5.98. The van der Waals surface area contributed by atoms with Crippen LogP contribution in [-0.4, -0.2) is 62.7 Å². The predicted molar refractivity (Wildman–Crippen MR) is 101 cm³/mol. The van der Waals surface area contributed by atoms with E-state index in [0.29, 0.717) is 31.4 Å². The molecule has 8 heteroatoms. The van der Waals surface area contributed by atoms with Gasteiger partial charge in [0.2, 0.25) is 0 Å². The summed E-state index contributed by atoms with van der Waals surface area (Å²) in [5.41, 5.74) is 1.64. The average Bonchev–Trinajstić information content (AvgIpc) is 2.92. The zero-order valence-corrected chi connectivity index (χ0v) is 16.4. The van der Waals surface area contributed by atoms with Gasteiger partial charge in [-0.05, 0) is 25.5 Å². The Hall–Kier alpha value is -1.86. The summed E-state index contributed by atoms with van der Waals surface area (Å²) < 4.78 is 7.31. The molecule has 1 amide bonds. The second-order valence-corrected chi connectivity index (χ2v) is 7.18. The summed E-state index contributed by atoms with van der Waals surface area (Å²) in [6, 6.07) is 3.88. The Morgan fingerprint density at radius 1 is 1.35 bits per heavy atom. The molecular weight excluding hydrogens is 354 g/mol. The van der Waals surface area contributed by atoms with E-state index in [1.807, 2.05) is 17.7 Å². The number of piperazine rings is 1. The normalized spacial score (nSPS) is 18.5. The summed E-state index contributed by atoms with van der Waals surface area (Å²) in [6.45, 7) is 7.55. The highest BCUT2D eigenvalue weighted by molar-refractivity contribution is 6.29. The quantitative estimate of drug-likeness (QED) is 0.590. The number of aromatic nitrogens is 3. The first-order valence-corrected chi connectivity index (χ1v) is 9.51. The van der Waals surface area contributed by atoms with Gasteiger partial charge in [0, 0.05) is 32.7 Å². The van der Waals surface area contributed by atoms with Crippen molar-refractivity contribution in [2.45, 2.75) is 39.3 Å². The van der Waals surface area contributed by atoms with Crippen LogP contribution in [0, 0.1) is 0 Å². The third-order valence-electron chi connectivity index (χ3n) is 4.87. The molecule has 0 aliphatic carbocycles. The van der Waals surface area contributed by atoms with E-state index in [4.69, 9.17) is 16.3 Å². The zero-order valence-electron chi connectivity index (χ0n) is 15.6. The lowest BCUT2D eigenvalue weighted by Gasteiger charge is -2.39. The SMILES string of the molecule is CCCCOC(=O)N1CCN(Cc2nc3ccc(Cl)nc3n2C)[C@@H](C)C1. The average molecular weight is 380 g/mol. The molecule has 3 heterocycles. The highest BCUT2D eigenvalue weighted by atomic mass is 35.5. The van der Waals surface area contributed by atoms with Crippen LogP contribution in [0.1, 0.15) is 32.5 Å². The van der Waals surface area contributed by atoms with Crippen LogP contribution in [0.15, 0.2) is 12.1 Å². The molecule has 1 fully saturated rings. The summed E-state index contributed by atoms with van der Waals surface area (Å²) in [6.07, 6.45) is 1.73. The van der Waals surface area contributed by atoms with E-state index in [0.717, 1.165) is 36.4 Å². The molecule has 0 radical (unpaired) electrons. The molecule has 1 aliphatic heterocycles. The number of ether oxygens (including phenoxy) is 1. The van der Waals surface area contributed by atoms with Crippen molar-refractivity contribution < 1.29 is 9.53 Å². The second kappa shape index (κ2) is 8.22. The van der Waals surface area contributed by atoms with E-state index in [9.17, 15) is 4.79 Å². The number of unbranched alkanes of at least 4 members (excludes halogenated alkanes) is 1. The van der Waals surface area contributed by atoms with Crippen LogP contribution >= 0.6 is 11.6 Å². The Labute approximate surface area is 158 Å². The molecule has 1 atom stereocenters. The minimum absolute atomic E-state index is 0.202. The van der Waals surface area contributed by atoms with Crippen molar-refractivity contribution in [2.24, 2.45) is 7.05 Å². The number of pyridine rings is 1. The molecule has 2 aromatic heterocycles. The van der Waals surface area contributed by atoms with Crippen LogP contribution in [0.5, 0.6) is 0 Å². The standard InChI is InChI=1S/C18H26ClN5O2/c1-4-5-10-26-18(25)24-9-8-23(13(2)11-24)12-16-20-14-6-7-15(19)21-17(14)22(16)3/h6-7,13H,4-5,8-12H2,1-3H3/t13-/m0/s1. The van der Waals surface area contributed by atoms with E-state index in [1.54, 1.807) is 11.0 Å². The number of nitrogens with zero attached hydrogens (tertiary/aromatic N) is 5. The lowest BCUT2D eigenvalue weighted by molar-refractivity contribution is 0.0504. The van der Waals surface area contributed by atoms with Gasteiger partial charge in [-0.3, -0.25) is 4.90 Å². The van der Waals surface area contributed by atoms with Crippen LogP contribution in [0.25, 0.3) is 11.2 Å². The van der Waals surface area contributed by atoms with Gasteiger partial charge in [-0.2, -0.15) is 0 Å². The van der Waals surface area contributed by atoms with Gasteiger partial charge in [0.15, 0.2) is 5.65 Å². The first-order valence-electron chi connectivity index (χ1n) is 9.13. The Bertz CT molecular complexity index is 778. The number of fused-ring (bicyclic) bond motifs is 1. The van der Waals surface area contributed by atoms with Crippen molar-refractivity contribution in [3.05, 3.63) is 23.1 Å². The molecule has 0 bridgehead atoms. The molecule has 0 spiro atoms. The van der Waals surface area contributed by atoms with Gasteiger partial charge in [-0.15, -0.1) is 0 Å². The minimum atomic E-state index is -0.202. The summed E-state index contributed by atoms with van der Waals surface area (Å²) in [4.78, 5) is 25.3. The largest absolute Gasteiger partial charge is 0.449 e. The Morgan fingerprint density at radius 2 is 2.15 bits per heavy atom. The first kappa shape index (κ1) is 18.9. The maximum absolute atomic E-state index is 12.1. The molecule has 2 aromatic rings. The van der Waals surface area contributed by atoms with Crippen molar-refractivity contribution in [1.82, 2.24) is 24.3 Å². The fourth-order valence-corrected chi connectivity index (χ4v) is 3.35. The number of rotatable bonds is 5. The molecule has 3 rings (SSSR count). The van der Waals surface area contributed by atoms with Crippen molar-refractivity contribution in [3.63, 3.8) is 0 Å². The van der Waals surface area contributed by atoms with Gasteiger partial charge < -0.3 is 14.2 Å². The topological polar surface area (TPSA) is 63.5 Å². The van der Waals surface area contributed by atoms with Gasteiger partial charge in [-0.1, -0.05) is 24.9 Å². The number of carbonyl (C=O) groups excluding carboxylic acids is 1. The molecule has 0 unspecified atom stereocenters. The first-order chi connectivity index (χ1) is 12.5. The molecule has 0 saturated carbocycles. The van der Waals surface area contributed by atoms with Crippen LogP contribution in [0.3, 0.4) is 0 Å². The molecule has 26 heavy (non-hydrogen) atoms. The maximum Gasteiger partial charge on any atom is 0.409 e. The molecule has 1 saturated heterocycles. The van der Waals surface area contributed by atoms with Crippen LogP contribution in [0.2, 0.25) is 5.15 Å². The summed E-state index contributed by atoms with van der Waals surface area (Å²) >= 11 is 5.99. The molecule has 0 aromatic carbocycles. The third kappa shape index (κ3) is 4.10. The minimum Gasteiger partial charge on any atom is -0.449 e. The van der Waals surface area contributed by atoms with Crippen LogP contribution in [-0.2, 0) is 18.3 Å². The van der Waals surface area contributed by atoms with E-state index < -0.39 is 0 Å². The van der Waals surface area contributed by atoms with E-state index in [2.05, 4.69) is 28.7 Å².